The fourth-order valence-corrected chi connectivity index (χ4v) is 2.64. The van der Waals surface area contributed by atoms with Crippen molar-refractivity contribution < 1.29 is 19.5 Å². The molecule has 0 bridgehead atoms. The lowest BCUT2D eigenvalue weighted by Gasteiger charge is -2.32. The van der Waals surface area contributed by atoms with Gasteiger partial charge in [-0.15, -0.1) is 0 Å². The Morgan fingerprint density at radius 2 is 1.86 bits per heavy atom. The van der Waals surface area contributed by atoms with Crippen LogP contribution in [-0.2, 0) is 9.59 Å². The molecule has 1 fully saturated rings. The number of carbonyl (C=O) groups is 3. The molecule has 1 aliphatic rings. The molecule has 0 unspecified atom stereocenters. The van der Waals surface area contributed by atoms with Gasteiger partial charge in [-0.2, -0.15) is 0 Å². The number of rotatable bonds is 6. The molecule has 1 aromatic carbocycles. The molecule has 1 aliphatic carbocycles. The van der Waals surface area contributed by atoms with Crippen LogP contribution >= 0.6 is 0 Å². The van der Waals surface area contributed by atoms with Gasteiger partial charge in [0.1, 0.15) is 0 Å². The van der Waals surface area contributed by atoms with E-state index >= 15 is 0 Å². The summed E-state index contributed by atoms with van der Waals surface area (Å²) < 4.78 is 0. The first kappa shape index (κ1) is 16.2. The molecule has 1 amide bonds. The minimum Gasteiger partial charge on any atom is -0.481 e. The molecule has 0 saturated heterocycles. The molecule has 5 heteroatoms. The maximum Gasteiger partial charge on any atom is 0.306 e. The summed E-state index contributed by atoms with van der Waals surface area (Å²) in [5.41, 5.74) is 2.61. The van der Waals surface area contributed by atoms with Crippen molar-refractivity contribution in [3.05, 3.63) is 34.9 Å². The summed E-state index contributed by atoms with van der Waals surface area (Å²) in [4.78, 5) is 34.7. The molecule has 0 spiro atoms. The fourth-order valence-electron chi connectivity index (χ4n) is 2.64. The van der Waals surface area contributed by atoms with E-state index in [1.165, 1.54) is 0 Å². The number of carbonyl (C=O) groups excluding carboxylic acids is 2. The van der Waals surface area contributed by atoms with Gasteiger partial charge >= 0.3 is 5.97 Å². The number of hydrogen-bond acceptors (Lipinski definition) is 3. The molecule has 0 radical (unpaired) electrons. The molecule has 2 N–H and O–H groups in total. The second-order valence-corrected chi connectivity index (χ2v) is 6.01. The van der Waals surface area contributed by atoms with Gasteiger partial charge in [-0.3, -0.25) is 14.4 Å². The van der Waals surface area contributed by atoms with Crippen molar-refractivity contribution in [1.29, 1.82) is 0 Å². The number of hydrogen-bond donors (Lipinski definition) is 2. The summed E-state index contributed by atoms with van der Waals surface area (Å²) >= 11 is 0. The van der Waals surface area contributed by atoms with Crippen molar-refractivity contribution in [1.82, 2.24) is 5.32 Å². The molecular formula is C17H21NO4. The zero-order valence-corrected chi connectivity index (χ0v) is 12.9. The van der Waals surface area contributed by atoms with Crippen LogP contribution in [0.1, 0.15) is 47.2 Å². The quantitative estimate of drug-likeness (QED) is 0.789. The normalized spacial score (nSPS) is 20.1. The third-order valence-electron chi connectivity index (χ3n) is 4.13. The Bertz CT molecular complexity index is 603. The predicted molar refractivity (Wildman–Crippen MR) is 81.8 cm³/mol. The number of aryl methyl sites for hydroxylation is 2. The van der Waals surface area contributed by atoms with Crippen molar-refractivity contribution in [3.63, 3.8) is 0 Å². The lowest BCUT2D eigenvalue weighted by Crippen LogP contribution is -2.46. The van der Waals surface area contributed by atoms with E-state index in [0.29, 0.717) is 18.4 Å². The molecule has 1 saturated carbocycles. The van der Waals surface area contributed by atoms with Gasteiger partial charge in [-0.05, 0) is 38.3 Å². The Hall–Kier alpha value is -2.17. The topological polar surface area (TPSA) is 83.5 Å². The number of nitrogens with one attached hydrogen (secondary N) is 1. The minimum absolute atomic E-state index is 0.0339. The van der Waals surface area contributed by atoms with Crippen LogP contribution < -0.4 is 5.32 Å². The molecule has 22 heavy (non-hydrogen) atoms. The standard InChI is InChI=1S/C17H21NO4/c1-10-3-4-11(2)14(7-10)15(19)5-6-16(20)18-13-8-12(9-13)17(21)22/h3-4,7,12-13H,5-6,8-9H2,1-2H3,(H,18,20)(H,21,22). The average Bonchev–Trinajstić information content (AvgIpc) is 2.41. The lowest BCUT2D eigenvalue weighted by atomic mass is 9.80. The Morgan fingerprint density at radius 1 is 1.18 bits per heavy atom. The fraction of sp³-hybridized carbons (Fsp3) is 0.471. The SMILES string of the molecule is Cc1ccc(C)c(C(=O)CCC(=O)NC2CC(C(=O)O)C2)c1. The van der Waals surface area contributed by atoms with Crippen molar-refractivity contribution >= 4 is 17.7 Å². The third-order valence-corrected chi connectivity index (χ3v) is 4.13. The van der Waals surface area contributed by atoms with Crippen LogP contribution in [0.15, 0.2) is 18.2 Å². The van der Waals surface area contributed by atoms with E-state index in [4.69, 9.17) is 5.11 Å². The highest BCUT2D eigenvalue weighted by Gasteiger charge is 2.35. The first-order valence-electron chi connectivity index (χ1n) is 7.49. The van der Waals surface area contributed by atoms with Crippen molar-refractivity contribution in [3.8, 4) is 0 Å². The van der Waals surface area contributed by atoms with Crippen molar-refractivity contribution in [2.75, 3.05) is 0 Å². The van der Waals surface area contributed by atoms with E-state index in [2.05, 4.69) is 5.32 Å². The number of benzene rings is 1. The lowest BCUT2D eigenvalue weighted by molar-refractivity contribution is -0.146. The molecule has 5 nitrogen and oxygen atoms in total. The van der Waals surface area contributed by atoms with Crippen LogP contribution in [0.5, 0.6) is 0 Å². The van der Waals surface area contributed by atoms with Crippen molar-refractivity contribution in [2.45, 2.75) is 45.6 Å². The number of carboxylic acids is 1. The molecule has 0 aliphatic heterocycles. The van der Waals surface area contributed by atoms with Gasteiger partial charge in [-0.1, -0.05) is 17.7 Å². The molecule has 2 rings (SSSR count). The van der Waals surface area contributed by atoms with Gasteiger partial charge in [0, 0.05) is 24.4 Å². The summed E-state index contributed by atoms with van der Waals surface area (Å²) in [6.07, 6.45) is 1.27. The van der Waals surface area contributed by atoms with Gasteiger partial charge in [0.25, 0.3) is 0 Å². The highest BCUT2D eigenvalue weighted by atomic mass is 16.4. The van der Waals surface area contributed by atoms with Crippen LogP contribution in [0.25, 0.3) is 0 Å². The summed E-state index contributed by atoms with van der Waals surface area (Å²) in [6, 6.07) is 5.64. The summed E-state index contributed by atoms with van der Waals surface area (Å²) in [7, 11) is 0. The zero-order chi connectivity index (χ0) is 16.3. The Kier molecular flexibility index (Phi) is 4.96. The van der Waals surface area contributed by atoms with Gasteiger partial charge in [-0.25, -0.2) is 0 Å². The van der Waals surface area contributed by atoms with E-state index in [1.807, 2.05) is 32.0 Å². The van der Waals surface area contributed by atoms with E-state index in [0.717, 1.165) is 11.1 Å². The molecule has 1 aromatic rings. The van der Waals surface area contributed by atoms with Gasteiger partial charge in [0.2, 0.25) is 5.91 Å². The van der Waals surface area contributed by atoms with E-state index in [9.17, 15) is 14.4 Å². The first-order valence-corrected chi connectivity index (χ1v) is 7.49. The summed E-state index contributed by atoms with van der Waals surface area (Å²) in [6.45, 7) is 3.81. The largest absolute Gasteiger partial charge is 0.481 e. The van der Waals surface area contributed by atoms with E-state index in [-0.39, 0.29) is 36.5 Å². The monoisotopic (exact) mass is 303 g/mol. The average molecular weight is 303 g/mol. The second kappa shape index (κ2) is 6.73. The van der Waals surface area contributed by atoms with Gasteiger partial charge < -0.3 is 10.4 Å². The minimum atomic E-state index is -0.810. The molecule has 0 atom stereocenters. The van der Waals surface area contributed by atoms with Crippen LogP contribution in [0.4, 0.5) is 0 Å². The molecule has 118 valence electrons. The number of aliphatic carboxylic acids is 1. The second-order valence-electron chi connectivity index (χ2n) is 6.01. The zero-order valence-electron chi connectivity index (χ0n) is 12.9. The highest BCUT2D eigenvalue weighted by Crippen LogP contribution is 2.27. The van der Waals surface area contributed by atoms with Crippen LogP contribution in [0, 0.1) is 19.8 Å². The maximum absolute atomic E-state index is 12.2. The van der Waals surface area contributed by atoms with E-state index in [1.54, 1.807) is 0 Å². The first-order chi connectivity index (χ1) is 10.4. The van der Waals surface area contributed by atoms with Gasteiger partial charge in [0.05, 0.1) is 5.92 Å². The van der Waals surface area contributed by atoms with Gasteiger partial charge in [0.15, 0.2) is 5.78 Å². The Morgan fingerprint density at radius 3 is 2.50 bits per heavy atom. The molecular weight excluding hydrogens is 282 g/mol. The number of ketones is 1. The van der Waals surface area contributed by atoms with Crippen LogP contribution in [-0.4, -0.2) is 28.8 Å². The smallest absolute Gasteiger partial charge is 0.306 e. The molecule has 0 aromatic heterocycles. The predicted octanol–water partition coefficient (Wildman–Crippen LogP) is 2.25. The van der Waals surface area contributed by atoms with Crippen LogP contribution in [0.3, 0.4) is 0 Å². The number of Topliss-reactive ketones (excluding diaryl/α,β-unsaturated/α-hetero) is 1. The van der Waals surface area contributed by atoms with Crippen LogP contribution in [0.2, 0.25) is 0 Å². The van der Waals surface area contributed by atoms with Crippen molar-refractivity contribution in [2.24, 2.45) is 5.92 Å². The third kappa shape index (κ3) is 3.93. The summed E-state index contributed by atoms with van der Waals surface area (Å²) in [5.74, 6) is -1.38. The summed E-state index contributed by atoms with van der Waals surface area (Å²) in [5, 5.41) is 11.6. The maximum atomic E-state index is 12.2. The Balaban J connectivity index is 1.78. The Labute approximate surface area is 129 Å². The molecule has 0 heterocycles. The number of amides is 1. The van der Waals surface area contributed by atoms with E-state index < -0.39 is 5.97 Å². The highest BCUT2D eigenvalue weighted by molar-refractivity contribution is 5.99. The number of carboxylic acid groups (broad SMARTS) is 1.